The summed E-state index contributed by atoms with van der Waals surface area (Å²) < 4.78 is 0. The lowest BCUT2D eigenvalue weighted by Crippen LogP contribution is -2.61. The van der Waals surface area contributed by atoms with Crippen LogP contribution in [0.3, 0.4) is 0 Å². The zero-order chi connectivity index (χ0) is 47.1. The quantitative estimate of drug-likeness (QED) is 0.0377. The number of nitrogens with one attached hydrogen (secondary N) is 8. The van der Waals surface area contributed by atoms with Crippen LogP contribution in [-0.4, -0.2) is 143 Å². The number of nitrogens with two attached hydrogens (primary N) is 1. The number of aliphatic carboxylic acids is 1. The molecule has 0 aromatic heterocycles. The summed E-state index contributed by atoms with van der Waals surface area (Å²) in [4.78, 5) is 116. The first-order valence-electron chi connectivity index (χ1n) is 20.5. The minimum absolute atomic E-state index is 0.0143. The second-order valence-electron chi connectivity index (χ2n) is 16.6. The molecule has 0 saturated carbocycles. The maximum atomic E-state index is 13.7. The predicted octanol–water partition coefficient (Wildman–Crippen LogP) is -1.60. The van der Waals surface area contributed by atoms with Gasteiger partial charge in [0.2, 0.25) is 47.3 Å². The van der Waals surface area contributed by atoms with Crippen molar-refractivity contribution in [3.63, 3.8) is 0 Å². The molecule has 0 aliphatic carbocycles. The van der Waals surface area contributed by atoms with Crippen LogP contribution >= 0.6 is 24.4 Å². The molecular weight excluding hydrogens is 835 g/mol. The number of hydrogen-bond acceptors (Lipinski definition) is 13. The topological polar surface area (TPSA) is 316 Å². The van der Waals surface area contributed by atoms with Gasteiger partial charge in [0.05, 0.1) is 25.2 Å². The predicted molar refractivity (Wildman–Crippen MR) is 235 cm³/mol. The van der Waals surface area contributed by atoms with Gasteiger partial charge in [-0.1, -0.05) is 55.4 Å². The van der Waals surface area contributed by atoms with E-state index in [1.165, 1.54) is 18.7 Å². The monoisotopic (exact) mass is 905 g/mol. The molecule has 22 heteroatoms. The first-order chi connectivity index (χ1) is 28.3. The standard InChI is InChI=1S/C39H71N9O11S2/c1-19(2)13-26(45-33(52)24(40)18-60)34(53)42-16-29(50)41-17-30(51)43-27(14-20(3)4)36(55)46-28(15-21(5)6)37(56)48-32(23(9)49)38(57)44-25(11-12-61-10)35(54)47-31(22(7)8)39(58)59/h19-28,31-32,49,60H,11-18,40H2,1-10H3,(H,41,50)(H,42,53)(H,43,51)(H,44,57)(H,45,52)(H,46,55)(H,47,54)(H,48,56)(H,58,59)/t23-,24+,25+,26+,27+,28+,31+,32+/m1/s1. The minimum Gasteiger partial charge on any atom is -0.480 e. The van der Waals surface area contributed by atoms with E-state index in [2.05, 4.69) is 55.2 Å². The van der Waals surface area contributed by atoms with Gasteiger partial charge in [0, 0.05) is 5.75 Å². The molecule has 0 heterocycles. The van der Waals surface area contributed by atoms with E-state index < -0.39 is 121 Å². The molecule has 0 bridgehead atoms. The van der Waals surface area contributed by atoms with Gasteiger partial charge in [0.1, 0.15) is 36.3 Å². The highest BCUT2D eigenvalue weighted by Crippen LogP contribution is 2.11. The smallest absolute Gasteiger partial charge is 0.326 e. The van der Waals surface area contributed by atoms with E-state index in [0.29, 0.717) is 5.75 Å². The minimum atomic E-state index is -1.58. The Labute approximate surface area is 369 Å². The number of carbonyl (C=O) groups excluding carboxylic acids is 8. The fraction of sp³-hybridized carbons (Fsp3) is 0.769. The van der Waals surface area contributed by atoms with Gasteiger partial charge in [-0.2, -0.15) is 24.4 Å². The van der Waals surface area contributed by atoms with Gasteiger partial charge in [-0.05, 0) is 68.3 Å². The third kappa shape index (κ3) is 23.0. The molecule has 0 rings (SSSR count). The Balaban J connectivity index is 5.84. The van der Waals surface area contributed by atoms with E-state index in [-0.39, 0.29) is 49.2 Å². The number of aliphatic hydroxyl groups is 1. The highest BCUT2D eigenvalue weighted by atomic mass is 32.2. The largest absolute Gasteiger partial charge is 0.480 e. The lowest BCUT2D eigenvalue weighted by molar-refractivity contribution is -0.143. The number of aliphatic hydroxyl groups excluding tert-OH is 1. The molecule has 8 amide bonds. The van der Waals surface area contributed by atoms with Gasteiger partial charge in [0.15, 0.2) is 0 Å². The fourth-order valence-corrected chi connectivity index (χ4v) is 6.35. The summed E-state index contributed by atoms with van der Waals surface area (Å²) in [5.41, 5.74) is 5.70. The number of hydrogen-bond donors (Lipinski definition) is 12. The lowest BCUT2D eigenvalue weighted by Gasteiger charge is -2.29. The Morgan fingerprint density at radius 2 is 0.984 bits per heavy atom. The maximum absolute atomic E-state index is 13.7. The molecule has 0 aromatic rings. The molecule has 0 saturated heterocycles. The van der Waals surface area contributed by atoms with Gasteiger partial charge in [0.25, 0.3) is 0 Å². The summed E-state index contributed by atoms with van der Waals surface area (Å²) in [6, 6.07) is -8.31. The van der Waals surface area contributed by atoms with Crippen molar-refractivity contribution in [2.45, 2.75) is 136 Å². The van der Waals surface area contributed by atoms with Crippen LogP contribution in [0.2, 0.25) is 0 Å². The molecule has 0 fully saturated rings. The number of thiol groups is 1. The van der Waals surface area contributed by atoms with Crippen molar-refractivity contribution in [2.75, 3.05) is 30.9 Å². The summed E-state index contributed by atoms with van der Waals surface area (Å²) in [6.45, 7) is 14.3. The second-order valence-corrected chi connectivity index (χ2v) is 17.9. The van der Waals surface area contributed by atoms with Crippen molar-refractivity contribution in [2.24, 2.45) is 29.4 Å². The molecule has 61 heavy (non-hydrogen) atoms. The number of carbonyl (C=O) groups is 9. The molecule has 0 aliphatic heterocycles. The van der Waals surface area contributed by atoms with Crippen LogP contribution in [0.15, 0.2) is 0 Å². The zero-order valence-corrected chi connectivity index (χ0v) is 38.8. The molecule has 0 unspecified atom stereocenters. The Bertz CT molecular complexity index is 1480. The van der Waals surface area contributed by atoms with Crippen LogP contribution in [-0.2, 0) is 43.2 Å². The van der Waals surface area contributed by atoms with Crippen molar-refractivity contribution in [1.29, 1.82) is 0 Å². The summed E-state index contributed by atoms with van der Waals surface area (Å²) in [5.74, 6) is -7.41. The average molecular weight is 906 g/mol. The number of thioether (sulfide) groups is 1. The van der Waals surface area contributed by atoms with Gasteiger partial charge in [-0.25, -0.2) is 4.79 Å². The number of amides is 8. The molecule has 0 aliphatic rings. The van der Waals surface area contributed by atoms with Crippen LogP contribution in [0.5, 0.6) is 0 Å². The van der Waals surface area contributed by atoms with E-state index in [0.717, 1.165) is 0 Å². The van der Waals surface area contributed by atoms with Crippen LogP contribution < -0.4 is 48.3 Å². The van der Waals surface area contributed by atoms with Crippen molar-refractivity contribution in [3.05, 3.63) is 0 Å². The molecule has 20 nitrogen and oxygen atoms in total. The molecule has 0 aromatic carbocycles. The Kier molecular flexibility index (Phi) is 27.2. The van der Waals surface area contributed by atoms with Crippen LogP contribution in [0.25, 0.3) is 0 Å². The Hall–Kier alpha value is -4.15. The zero-order valence-electron chi connectivity index (χ0n) is 37.1. The van der Waals surface area contributed by atoms with Gasteiger partial charge in [-0.15, -0.1) is 0 Å². The van der Waals surface area contributed by atoms with Crippen LogP contribution in [0, 0.1) is 23.7 Å². The lowest BCUT2D eigenvalue weighted by atomic mass is 9.99. The highest BCUT2D eigenvalue weighted by Gasteiger charge is 2.35. The summed E-state index contributed by atoms with van der Waals surface area (Å²) in [7, 11) is 0. The number of carboxylic acid groups (broad SMARTS) is 1. The summed E-state index contributed by atoms with van der Waals surface area (Å²) in [6.07, 6.45) is 0.925. The van der Waals surface area contributed by atoms with Crippen molar-refractivity contribution >= 4 is 77.6 Å². The first-order valence-corrected chi connectivity index (χ1v) is 22.5. The van der Waals surface area contributed by atoms with E-state index in [1.54, 1.807) is 47.8 Å². The highest BCUT2D eigenvalue weighted by molar-refractivity contribution is 7.98. The first kappa shape index (κ1) is 56.9. The van der Waals surface area contributed by atoms with Crippen molar-refractivity contribution in [3.8, 4) is 0 Å². The normalized spacial score (nSPS) is 15.3. The molecule has 0 spiro atoms. The molecule has 12 N–H and O–H groups in total. The Morgan fingerprint density at radius 1 is 0.557 bits per heavy atom. The summed E-state index contributed by atoms with van der Waals surface area (Å²) >= 11 is 5.38. The van der Waals surface area contributed by atoms with Gasteiger partial charge < -0.3 is 58.5 Å². The Morgan fingerprint density at radius 3 is 1.44 bits per heavy atom. The van der Waals surface area contributed by atoms with E-state index in [9.17, 15) is 53.4 Å². The third-order valence-electron chi connectivity index (χ3n) is 8.98. The van der Waals surface area contributed by atoms with Crippen molar-refractivity contribution < 1.29 is 53.4 Å². The third-order valence-corrected chi connectivity index (χ3v) is 10.0. The van der Waals surface area contributed by atoms with Crippen LogP contribution in [0.1, 0.15) is 88.0 Å². The number of carboxylic acids is 1. The number of rotatable bonds is 29. The van der Waals surface area contributed by atoms with Crippen molar-refractivity contribution in [1.82, 2.24) is 42.5 Å². The maximum Gasteiger partial charge on any atom is 0.326 e. The van der Waals surface area contributed by atoms with Gasteiger partial charge in [-0.3, -0.25) is 38.4 Å². The summed E-state index contributed by atoms with van der Waals surface area (Å²) in [5, 5.41) is 40.1. The molecule has 0 radical (unpaired) electrons. The fourth-order valence-electron chi connectivity index (χ4n) is 5.71. The van der Waals surface area contributed by atoms with E-state index in [4.69, 9.17) is 5.73 Å². The molecular formula is C39H71N9O11S2. The SMILES string of the molecule is CSCC[C@H](NC(=O)[C@@H](NC(=O)[C@H](CC(C)C)NC(=O)[C@H](CC(C)C)NC(=O)CNC(=O)CNC(=O)[C@H](CC(C)C)NC(=O)[C@@H](N)CS)[C@@H](C)O)C(=O)N[C@H](C(=O)O)C(C)C. The average Bonchev–Trinajstić information content (AvgIpc) is 3.16. The molecule has 8 atom stereocenters. The van der Waals surface area contributed by atoms with Crippen LogP contribution in [0.4, 0.5) is 0 Å². The van der Waals surface area contributed by atoms with E-state index >= 15 is 0 Å². The molecule has 350 valence electrons. The second kappa shape index (κ2) is 29.2. The van der Waals surface area contributed by atoms with Gasteiger partial charge >= 0.3 is 5.97 Å². The van der Waals surface area contributed by atoms with E-state index in [1.807, 2.05) is 13.8 Å².